The van der Waals surface area contributed by atoms with Crippen LogP contribution in [0.1, 0.15) is 79.4 Å². The number of nitrogens with zero attached hydrogens (tertiary/aromatic N) is 3. The quantitative estimate of drug-likeness (QED) is 0.274. The maximum Gasteiger partial charge on any atom is 0.410 e. The van der Waals surface area contributed by atoms with Crippen LogP contribution in [-0.4, -0.2) is 96.6 Å². The number of hydrogen-bond donors (Lipinski definition) is 2. The van der Waals surface area contributed by atoms with Crippen LogP contribution in [0.4, 0.5) is 9.59 Å². The Kier molecular flexibility index (Phi) is 21.2. The smallest absolute Gasteiger partial charge is 0.410 e. The Morgan fingerprint density at radius 1 is 0.880 bits per heavy atom. The Balaban J connectivity index is 0.00000125. The molecule has 0 saturated carbocycles. The molecule has 0 bridgehead atoms. The lowest BCUT2D eigenvalue weighted by molar-refractivity contribution is -0.135. The normalized spacial score (nSPS) is 16.1. The van der Waals surface area contributed by atoms with Crippen molar-refractivity contribution in [2.75, 3.05) is 45.8 Å². The van der Waals surface area contributed by atoms with Gasteiger partial charge in [0.1, 0.15) is 11.6 Å². The van der Waals surface area contributed by atoms with E-state index in [0.29, 0.717) is 68.1 Å². The summed E-state index contributed by atoms with van der Waals surface area (Å²) >= 11 is 12.4. The Morgan fingerprint density at radius 3 is 2.04 bits per heavy atom. The molecule has 2 aliphatic rings. The lowest BCUT2D eigenvalue weighted by atomic mass is 9.90. The van der Waals surface area contributed by atoms with Crippen molar-refractivity contribution in [3.05, 3.63) is 69.7 Å². The molecule has 2 fully saturated rings. The summed E-state index contributed by atoms with van der Waals surface area (Å²) in [6.45, 7) is 18.8. The van der Waals surface area contributed by atoms with Crippen LogP contribution in [0, 0.1) is 5.92 Å². The fourth-order valence-electron chi connectivity index (χ4n) is 5.44. The predicted molar refractivity (Wildman–Crippen MR) is 204 cm³/mol. The van der Waals surface area contributed by atoms with Crippen LogP contribution in [0.25, 0.3) is 0 Å². The topological polar surface area (TPSA) is 111 Å². The number of ether oxygens (including phenoxy) is 1. The number of benzene rings is 2. The number of carbonyl (C=O) groups is 4. The van der Waals surface area contributed by atoms with Crippen molar-refractivity contribution >= 4 is 47.6 Å². The zero-order valence-corrected chi connectivity index (χ0v) is 32.8. The van der Waals surface area contributed by atoms with Gasteiger partial charge in [-0.3, -0.25) is 9.59 Å². The van der Waals surface area contributed by atoms with Crippen LogP contribution in [0.15, 0.2) is 48.5 Å². The van der Waals surface area contributed by atoms with E-state index >= 15 is 0 Å². The van der Waals surface area contributed by atoms with Crippen molar-refractivity contribution in [1.82, 2.24) is 25.3 Å². The monoisotopic (exact) mass is 735 g/mol. The summed E-state index contributed by atoms with van der Waals surface area (Å²) in [4.78, 5) is 54.2. The second-order valence-electron chi connectivity index (χ2n) is 12.6. The number of likely N-dealkylation sites (tertiary alicyclic amines) is 1. The standard InChI is InChI=1S/C31H40Cl2N4O4.C3H7NO.2C2H6/c1-31(2,3)41-30(40)36-16-14-35(15-17-36)29(39)34-27(20-23-11-12-25(32)26(33)19-23)28(38)37-13-7-10-24(21-37)18-22-8-5-4-6-9-22;1-2-4-3-5;2*1-2/h4-6,8-9,11-12,19,24,27H,7,10,13-18,20-21H2,1-3H3,(H,34,39);3H,2H2,1H3,(H,4,5);2*1-2H3. The number of piperazine rings is 1. The highest BCUT2D eigenvalue weighted by atomic mass is 35.5. The van der Waals surface area contributed by atoms with Gasteiger partial charge in [-0.05, 0) is 76.1 Å². The zero-order chi connectivity index (χ0) is 37.7. The van der Waals surface area contributed by atoms with E-state index in [1.54, 1.807) is 21.9 Å². The summed E-state index contributed by atoms with van der Waals surface area (Å²) in [5.41, 5.74) is 1.49. The van der Waals surface area contributed by atoms with Crippen LogP contribution < -0.4 is 10.6 Å². The third-order valence-electron chi connectivity index (χ3n) is 7.72. The van der Waals surface area contributed by atoms with Gasteiger partial charge >= 0.3 is 12.1 Å². The Morgan fingerprint density at radius 2 is 1.50 bits per heavy atom. The van der Waals surface area contributed by atoms with Crippen molar-refractivity contribution in [1.29, 1.82) is 0 Å². The number of amides is 5. The van der Waals surface area contributed by atoms with Gasteiger partial charge in [-0.25, -0.2) is 9.59 Å². The fraction of sp³-hybridized carbons (Fsp3) is 0.579. The van der Waals surface area contributed by atoms with Gasteiger partial charge in [-0.2, -0.15) is 0 Å². The molecule has 0 radical (unpaired) electrons. The van der Waals surface area contributed by atoms with E-state index in [1.807, 2.05) is 84.6 Å². The van der Waals surface area contributed by atoms with Crippen LogP contribution in [-0.2, 0) is 27.2 Å². The van der Waals surface area contributed by atoms with Crippen molar-refractivity contribution in [2.24, 2.45) is 5.92 Å². The number of urea groups is 1. The summed E-state index contributed by atoms with van der Waals surface area (Å²) in [6.07, 6.45) is 3.48. The number of rotatable bonds is 8. The van der Waals surface area contributed by atoms with Gasteiger partial charge in [-0.1, -0.05) is 87.3 Å². The van der Waals surface area contributed by atoms with E-state index in [4.69, 9.17) is 27.9 Å². The number of piperidine rings is 1. The average molecular weight is 737 g/mol. The third kappa shape index (κ3) is 16.0. The summed E-state index contributed by atoms with van der Waals surface area (Å²) in [7, 11) is 0. The Hall–Kier alpha value is -3.50. The minimum Gasteiger partial charge on any atom is -0.444 e. The molecule has 4 rings (SSSR count). The first-order valence-corrected chi connectivity index (χ1v) is 18.6. The minimum absolute atomic E-state index is 0.102. The molecule has 0 aliphatic carbocycles. The number of hydrogen-bond acceptors (Lipinski definition) is 5. The molecule has 50 heavy (non-hydrogen) atoms. The first kappa shape index (κ1) is 44.5. The van der Waals surface area contributed by atoms with Gasteiger partial charge < -0.3 is 30.1 Å². The molecule has 2 aliphatic heterocycles. The SMILES string of the molecule is CC.CC.CC(C)(C)OC(=O)N1CCN(C(=O)NC(Cc2ccc(Cl)c(Cl)c2)C(=O)N2CCCC(Cc3ccccc3)C2)CC1.CCNC=O. The molecular weight excluding hydrogens is 677 g/mol. The van der Waals surface area contributed by atoms with Gasteiger partial charge in [0, 0.05) is 52.2 Å². The van der Waals surface area contributed by atoms with Crippen LogP contribution in [0.3, 0.4) is 0 Å². The van der Waals surface area contributed by atoms with Crippen LogP contribution in [0.5, 0.6) is 0 Å². The van der Waals surface area contributed by atoms with Gasteiger partial charge in [-0.15, -0.1) is 0 Å². The molecule has 0 aromatic heterocycles. The van der Waals surface area contributed by atoms with Crippen LogP contribution >= 0.6 is 23.2 Å². The second-order valence-corrected chi connectivity index (χ2v) is 13.4. The van der Waals surface area contributed by atoms with E-state index in [-0.39, 0.29) is 18.0 Å². The fourth-order valence-corrected chi connectivity index (χ4v) is 5.76. The molecule has 5 amide bonds. The van der Waals surface area contributed by atoms with Gasteiger partial charge in [0.15, 0.2) is 0 Å². The van der Waals surface area contributed by atoms with Crippen LogP contribution in [0.2, 0.25) is 10.0 Å². The van der Waals surface area contributed by atoms with E-state index in [2.05, 4.69) is 22.8 Å². The largest absolute Gasteiger partial charge is 0.444 e. The van der Waals surface area contributed by atoms with E-state index in [1.165, 1.54) is 5.56 Å². The van der Waals surface area contributed by atoms with E-state index in [9.17, 15) is 19.2 Å². The molecule has 2 aromatic rings. The third-order valence-corrected chi connectivity index (χ3v) is 8.46. The molecule has 2 unspecified atom stereocenters. The summed E-state index contributed by atoms with van der Waals surface area (Å²) < 4.78 is 5.46. The molecule has 2 aromatic carbocycles. The number of halogens is 2. The number of nitrogens with one attached hydrogen (secondary N) is 2. The van der Waals surface area contributed by atoms with Crippen molar-refractivity contribution in [3.63, 3.8) is 0 Å². The highest BCUT2D eigenvalue weighted by Gasteiger charge is 2.33. The maximum atomic E-state index is 13.9. The minimum atomic E-state index is -0.765. The highest BCUT2D eigenvalue weighted by Crippen LogP contribution is 2.25. The molecule has 0 spiro atoms. The van der Waals surface area contributed by atoms with Gasteiger partial charge in [0.05, 0.1) is 10.0 Å². The predicted octanol–water partition coefficient (Wildman–Crippen LogP) is 7.45. The summed E-state index contributed by atoms with van der Waals surface area (Å²) in [6, 6.07) is 14.5. The first-order chi connectivity index (χ1) is 23.9. The zero-order valence-electron chi connectivity index (χ0n) is 31.3. The molecule has 10 nitrogen and oxygen atoms in total. The van der Waals surface area contributed by atoms with E-state index < -0.39 is 11.6 Å². The Labute approximate surface area is 310 Å². The van der Waals surface area contributed by atoms with Crippen molar-refractivity contribution < 1.29 is 23.9 Å². The molecule has 2 N–H and O–H groups in total. The average Bonchev–Trinajstić information content (AvgIpc) is 3.11. The molecule has 12 heteroatoms. The lowest BCUT2D eigenvalue weighted by Crippen LogP contribution is -2.58. The molecule has 280 valence electrons. The summed E-state index contributed by atoms with van der Waals surface area (Å²) in [5.74, 6) is 0.256. The van der Waals surface area contributed by atoms with E-state index in [0.717, 1.165) is 31.4 Å². The first-order valence-electron chi connectivity index (χ1n) is 17.9. The Bertz CT molecular complexity index is 1300. The van der Waals surface area contributed by atoms with Crippen molar-refractivity contribution in [3.8, 4) is 0 Å². The molecular formula is C38H59Cl2N5O5. The second kappa shape index (κ2) is 23.8. The molecule has 2 heterocycles. The van der Waals surface area contributed by atoms with Gasteiger partial charge in [0.25, 0.3) is 0 Å². The lowest BCUT2D eigenvalue weighted by Gasteiger charge is -2.38. The highest BCUT2D eigenvalue weighted by molar-refractivity contribution is 6.42. The summed E-state index contributed by atoms with van der Waals surface area (Å²) in [5, 5.41) is 6.27. The molecule has 2 saturated heterocycles. The maximum absolute atomic E-state index is 13.9. The molecule has 2 atom stereocenters. The number of carbonyl (C=O) groups excluding carboxylic acids is 4. The van der Waals surface area contributed by atoms with Gasteiger partial charge in [0.2, 0.25) is 12.3 Å². The van der Waals surface area contributed by atoms with Crippen molar-refractivity contribution in [2.45, 2.75) is 92.7 Å².